The first-order valence-electron chi connectivity index (χ1n) is 3.74. The number of nitrogens with one attached hydrogen (secondary N) is 1. The Morgan fingerprint density at radius 1 is 1.73 bits per heavy atom. The Bertz CT molecular complexity index is 226. The van der Waals surface area contributed by atoms with E-state index in [2.05, 4.69) is 29.8 Å². The van der Waals surface area contributed by atoms with Crippen LogP contribution in [0.4, 0.5) is 0 Å². The van der Waals surface area contributed by atoms with Crippen LogP contribution in [0.15, 0.2) is 17.5 Å². The molecule has 2 nitrogen and oxygen atoms in total. The predicted octanol–water partition coefficient (Wildman–Crippen LogP) is 1.54. The molecule has 1 fully saturated rings. The summed E-state index contributed by atoms with van der Waals surface area (Å²) < 4.78 is 5.58. The summed E-state index contributed by atoms with van der Waals surface area (Å²) in [6.45, 7) is 3.84. The highest BCUT2D eigenvalue weighted by molar-refractivity contribution is 7.10. The third-order valence-corrected chi connectivity index (χ3v) is 3.02. The van der Waals surface area contributed by atoms with Crippen molar-refractivity contribution in [1.82, 2.24) is 5.32 Å². The Balaban J connectivity index is 2.27. The molecule has 1 aromatic rings. The van der Waals surface area contributed by atoms with Gasteiger partial charge in [-0.25, -0.2) is 0 Å². The van der Waals surface area contributed by atoms with Crippen molar-refractivity contribution in [3.05, 3.63) is 22.4 Å². The summed E-state index contributed by atoms with van der Waals surface area (Å²) in [4.78, 5) is 1.26. The van der Waals surface area contributed by atoms with Crippen molar-refractivity contribution in [3.63, 3.8) is 0 Å². The van der Waals surface area contributed by atoms with Gasteiger partial charge < -0.3 is 4.74 Å². The molecule has 0 aromatic carbocycles. The fourth-order valence-electron chi connectivity index (χ4n) is 1.30. The van der Waals surface area contributed by atoms with Gasteiger partial charge in [-0.15, -0.1) is 11.3 Å². The van der Waals surface area contributed by atoms with E-state index in [1.165, 1.54) is 4.88 Å². The zero-order valence-corrected chi connectivity index (χ0v) is 7.28. The molecule has 2 heterocycles. The van der Waals surface area contributed by atoms with E-state index >= 15 is 0 Å². The van der Waals surface area contributed by atoms with E-state index in [0.29, 0.717) is 0 Å². The average molecular weight is 169 g/mol. The maximum atomic E-state index is 5.58. The summed E-state index contributed by atoms with van der Waals surface area (Å²) in [7, 11) is 0. The molecule has 60 valence electrons. The molecule has 0 spiro atoms. The van der Waals surface area contributed by atoms with Gasteiger partial charge in [-0.3, -0.25) is 5.32 Å². The Kier molecular flexibility index (Phi) is 1.71. The first-order chi connectivity index (χ1) is 5.31. The van der Waals surface area contributed by atoms with Crippen molar-refractivity contribution in [2.24, 2.45) is 0 Å². The van der Waals surface area contributed by atoms with Gasteiger partial charge in [0.2, 0.25) is 0 Å². The molecule has 1 aromatic heterocycles. The highest BCUT2D eigenvalue weighted by Crippen LogP contribution is 2.28. The number of ether oxygens (including phenoxy) is 1. The van der Waals surface area contributed by atoms with Crippen LogP contribution in [0.5, 0.6) is 0 Å². The lowest BCUT2D eigenvalue weighted by Crippen LogP contribution is -2.33. The molecule has 1 aliphatic heterocycles. The highest BCUT2D eigenvalue weighted by atomic mass is 32.1. The molecule has 1 saturated heterocycles. The van der Waals surface area contributed by atoms with Crippen LogP contribution in [0.3, 0.4) is 0 Å². The fourth-order valence-corrected chi connectivity index (χ4v) is 2.12. The molecule has 1 atom stereocenters. The molecule has 11 heavy (non-hydrogen) atoms. The van der Waals surface area contributed by atoms with E-state index in [9.17, 15) is 0 Å². The lowest BCUT2D eigenvalue weighted by molar-refractivity contribution is 0.00562. The molecule has 0 bridgehead atoms. The van der Waals surface area contributed by atoms with Crippen LogP contribution in [0.2, 0.25) is 0 Å². The summed E-state index contributed by atoms with van der Waals surface area (Å²) in [5, 5.41) is 5.40. The normalized spacial score (nSPS) is 31.0. The highest BCUT2D eigenvalue weighted by Gasteiger charge is 2.31. The second-order valence-corrected chi connectivity index (χ2v) is 3.73. The van der Waals surface area contributed by atoms with Crippen LogP contribution in [0.1, 0.15) is 11.8 Å². The van der Waals surface area contributed by atoms with Gasteiger partial charge in [-0.2, -0.15) is 0 Å². The standard InChI is InChI=1S/C8H11NOS/c1-8(9-4-5-10-8)7-3-2-6-11-7/h2-3,6,9H,4-5H2,1H3. The SMILES string of the molecule is CC1(c2cccs2)NCCO1. The molecule has 0 saturated carbocycles. The van der Waals surface area contributed by atoms with Gasteiger partial charge in [0.1, 0.15) is 0 Å². The third-order valence-electron chi connectivity index (χ3n) is 1.95. The quantitative estimate of drug-likeness (QED) is 0.688. The number of rotatable bonds is 1. The smallest absolute Gasteiger partial charge is 0.151 e. The van der Waals surface area contributed by atoms with Crippen molar-refractivity contribution in [1.29, 1.82) is 0 Å². The third kappa shape index (κ3) is 1.20. The van der Waals surface area contributed by atoms with Gasteiger partial charge >= 0.3 is 0 Å². The molecule has 0 radical (unpaired) electrons. The molecule has 2 rings (SSSR count). The van der Waals surface area contributed by atoms with Gasteiger partial charge in [-0.1, -0.05) is 6.07 Å². The Labute approximate surface area is 70.2 Å². The van der Waals surface area contributed by atoms with Gasteiger partial charge in [0, 0.05) is 6.54 Å². The van der Waals surface area contributed by atoms with Crippen LogP contribution in [-0.2, 0) is 10.5 Å². The minimum absolute atomic E-state index is 0.214. The molecule has 3 heteroatoms. The van der Waals surface area contributed by atoms with Crippen molar-refractivity contribution in [2.45, 2.75) is 12.6 Å². The lowest BCUT2D eigenvalue weighted by atomic mass is 10.2. The second kappa shape index (κ2) is 2.59. The Hall–Kier alpha value is -0.380. The fraction of sp³-hybridized carbons (Fsp3) is 0.500. The van der Waals surface area contributed by atoms with Crippen molar-refractivity contribution in [3.8, 4) is 0 Å². The van der Waals surface area contributed by atoms with Crippen molar-refractivity contribution in [2.75, 3.05) is 13.2 Å². The second-order valence-electron chi connectivity index (χ2n) is 2.79. The summed E-state index contributed by atoms with van der Waals surface area (Å²) >= 11 is 1.73. The van der Waals surface area contributed by atoms with Gasteiger partial charge in [0.15, 0.2) is 5.72 Å². The minimum atomic E-state index is -0.214. The molecule has 1 aliphatic rings. The van der Waals surface area contributed by atoms with E-state index in [-0.39, 0.29) is 5.72 Å². The first kappa shape index (κ1) is 7.28. The minimum Gasteiger partial charge on any atom is -0.354 e. The maximum absolute atomic E-state index is 5.58. The number of hydrogen-bond donors (Lipinski definition) is 1. The van der Waals surface area contributed by atoms with Gasteiger partial charge in [0.05, 0.1) is 11.5 Å². The zero-order chi connectivity index (χ0) is 7.73. The van der Waals surface area contributed by atoms with E-state index in [0.717, 1.165) is 13.2 Å². The average Bonchev–Trinajstić information content (AvgIpc) is 2.55. The molecular weight excluding hydrogens is 158 g/mol. The van der Waals surface area contributed by atoms with E-state index in [1.807, 2.05) is 0 Å². The molecular formula is C8H11NOS. The maximum Gasteiger partial charge on any atom is 0.151 e. The van der Waals surface area contributed by atoms with Crippen LogP contribution in [0, 0.1) is 0 Å². The first-order valence-corrected chi connectivity index (χ1v) is 4.62. The molecule has 1 unspecified atom stereocenters. The Morgan fingerprint density at radius 3 is 3.18 bits per heavy atom. The monoisotopic (exact) mass is 169 g/mol. The van der Waals surface area contributed by atoms with Crippen LogP contribution in [0.25, 0.3) is 0 Å². The Morgan fingerprint density at radius 2 is 2.64 bits per heavy atom. The van der Waals surface area contributed by atoms with Crippen LogP contribution < -0.4 is 5.32 Å². The van der Waals surface area contributed by atoms with E-state index < -0.39 is 0 Å². The zero-order valence-electron chi connectivity index (χ0n) is 6.46. The topological polar surface area (TPSA) is 21.3 Å². The molecule has 0 aliphatic carbocycles. The number of thiophene rings is 1. The summed E-state index contributed by atoms with van der Waals surface area (Å²) in [6, 6.07) is 4.15. The van der Waals surface area contributed by atoms with Crippen LogP contribution in [-0.4, -0.2) is 13.2 Å². The van der Waals surface area contributed by atoms with E-state index in [1.54, 1.807) is 11.3 Å². The molecule has 0 amide bonds. The van der Waals surface area contributed by atoms with Crippen molar-refractivity contribution < 1.29 is 4.74 Å². The number of hydrogen-bond acceptors (Lipinski definition) is 3. The largest absolute Gasteiger partial charge is 0.354 e. The predicted molar refractivity (Wildman–Crippen MR) is 45.6 cm³/mol. The summed E-state index contributed by atoms with van der Waals surface area (Å²) in [5.41, 5.74) is -0.214. The molecule has 1 N–H and O–H groups in total. The van der Waals surface area contributed by atoms with E-state index in [4.69, 9.17) is 4.74 Å². The lowest BCUT2D eigenvalue weighted by Gasteiger charge is -2.21. The van der Waals surface area contributed by atoms with Crippen LogP contribution >= 0.6 is 11.3 Å². The summed E-state index contributed by atoms with van der Waals surface area (Å²) in [5.74, 6) is 0. The van der Waals surface area contributed by atoms with Gasteiger partial charge in [-0.05, 0) is 18.4 Å². The van der Waals surface area contributed by atoms with Crippen molar-refractivity contribution >= 4 is 11.3 Å². The van der Waals surface area contributed by atoms with Gasteiger partial charge in [0.25, 0.3) is 0 Å². The summed E-state index contributed by atoms with van der Waals surface area (Å²) in [6.07, 6.45) is 0.